The standard InChI is InChI=1S/C18H14BrClN2O5S/c19-12-2-4-16(13(10-12)17(28)21-5-7-26-8-6-21)27-18(23)11-1-3-14(20)15(9-11)22(24)25/h1-4,9-10H,5-8H2. The molecule has 0 bridgehead atoms. The molecule has 0 aromatic heterocycles. The van der Waals surface area contributed by atoms with Gasteiger partial charge in [0.25, 0.3) is 5.69 Å². The fourth-order valence-corrected chi connectivity index (χ4v) is 3.52. The van der Waals surface area contributed by atoms with Gasteiger partial charge in [0.1, 0.15) is 15.8 Å². The van der Waals surface area contributed by atoms with Crippen molar-refractivity contribution in [1.82, 2.24) is 4.90 Å². The second-order valence-electron chi connectivity index (χ2n) is 5.86. The molecule has 0 N–H and O–H groups in total. The molecular formula is C18H14BrClN2O5S. The maximum absolute atomic E-state index is 12.6. The summed E-state index contributed by atoms with van der Waals surface area (Å²) in [6, 6.07) is 8.86. The predicted molar refractivity (Wildman–Crippen MR) is 111 cm³/mol. The molecule has 1 aliphatic rings. The number of ether oxygens (including phenoxy) is 2. The van der Waals surface area contributed by atoms with Gasteiger partial charge in [-0.25, -0.2) is 4.79 Å². The van der Waals surface area contributed by atoms with E-state index in [9.17, 15) is 14.9 Å². The molecule has 1 saturated heterocycles. The third-order valence-corrected chi connectivity index (χ3v) is 5.34. The zero-order valence-corrected chi connectivity index (χ0v) is 17.6. The highest BCUT2D eigenvalue weighted by Crippen LogP contribution is 2.29. The van der Waals surface area contributed by atoms with Crippen molar-refractivity contribution < 1.29 is 19.2 Å². The first-order valence-corrected chi connectivity index (χ1v) is 9.77. The molecule has 0 atom stereocenters. The lowest BCUT2D eigenvalue weighted by atomic mass is 10.1. The van der Waals surface area contributed by atoms with Gasteiger partial charge < -0.3 is 14.4 Å². The monoisotopic (exact) mass is 484 g/mol. The molecule has 28 heavy (non-hydrogen) atoms. The lowest BCUT2D eigenvalue weighted by molar-refractivity contribution is -0.384. The van der Waals surface area contributed by atoms with Crippen LogP contribution >= 0.6 is 39.7 Å². The van der Waals surface area contributed by atoms with E-state index in [-0.39, 0.29) is 22.0 Å². The molecule has 10 heteroatoms. The maximum Gasteiger partial charge on any atom is 0.343 e. The Morgan fingerprint density at radius 3 is 2.64 bits per heavy atom. The first-order valence-electron chi connectivity index (χ1n) is 8.19. The second-order valence-corrected chi connectivity index (χ2v) is 7.57. The van der Waals surface area contributed by atoms with Crippen molar-refractivity contribution in [3.8, 4) is 5.75 Å². The summed E-state index contributed by atoms with van der Waals surface area (Å²) in [6.07, 6.45) is 0. The van der Waals surface area contributed by atoms with Crippen LogP contribution in [0.15, 0.2) is 40.9 Å². The summed E-state index contributed by atoms with van der Waals surface area (Å²) in [4.78, 5) is 25.5. The molecule has 3 rings (SSSR count). The van der Waals surface area contributed by atoms with Crippen LogP contribution in [-0.2, 0) is 4.74 Å². The topological polar surface area (TPSA) is 81.9 Å². The molecule has 0 radical (unpaired) electrons. The molecule has 0 aliphatic carbocycles. The van der Waals surface area contributed by atoms with Gasteiger partial charge in [0.05, 0.1) is 29.3 Å². The number of nitro benzene ring substituents is 1. The van der Waals surface area contributed by atoms with E-state index in [0.717, 1.165) is 10.5 Å². The van der Waals surface area contributed by atoms with Gasteiger partial charge in [0, 0.05) is 23.6 Å². The minimum atomic E-state index is -0.742. The summed E-state index contributed by atoms with van der Waals surface area (Å²) in [5.74, 6) is -0.476. The molecule has 1 fully saturated rings. The van der Waals surface area contributed by atoms with Gasteiger partial charge in [-0.3, -0.25) is 10.1 Å². The van der Waals surface area contributed by atoms with Crippen molar-refractivity contribution in [3.63, 3.8) is 0 Å². The Hall–Kier alpha value is -2.07. The van der Waals surface area contributed by atoms with Crippen LogP contribution in [0.5, 0.6) is 5.75 Å². The highest BCUT2D eigenvalue weighted by Gasteiger charge is 2.22. The molecule has 1 aliphatic heterocycles. The second kappa shape index (κ2) is 8.95. The molecule has 2 aromatic rings. The molecule has 1 heterocycles. The fourth-order valence-electron chi connectivity index (χ4n) is 2.63. The van der Waals surface area contributed by atoms with Crippen LogP contribution in [0.25, 0.3) is 0 Å². The number of halogens is 2. The van der Waals surface area contributed by atoms with Crippen molar-refractivity contribution in [3.05, 3.63) is 67.1 Å². The Kier molecular flexibility index (Phi) is 6.61. The average molecular weight is 486 g/mol. The van der Waals surface area contributed by atoms with E-state index in [0.29, 0.717) is 36.9 Å². The Labute approximate surface area is 179 Å². The summed E-state index contributed by atoms with van der Waals surface area (Å²) in [5.41, 5.74) is 0.223. The van der Waals surface area contributed by atoms with Gasteiger partial charge in [-0.15, -0.1) is 0 Å². The number of nitro groups is 1. The summed E-state index contributed by atoms with van der Waals surface area (Å²) in [6.45, 7) is 2.42. The molecule has 7 nitrogen and oxygen atoms in total. The molecule has 0 saturated carbocycles. The zero-order chi connectivity index (χ0) is 20.3. The van der Waals surface area contributed by atoms with Gasteiger partial charge in [0.15, 0.2) is 0 Å². The minimum absolute atomic E-state index is 0.0160. The van der Waals surface area contributed by atoms with Crippen molar-refractivity contribution in [2.75, 3.05) is 26.3 Å². The summed E-state index contributed by atoms with van der Waals surface area (Å²) < 4.78 is 11.6. The highest BCUT2D eigenvalue weighted by atomic mass is 79.9. The smallest absolute Gasteiger partial charge is 0.343 e. The number of thiocarbonyl (C=S) groups is 1. The van der Waals surface area contributed by atoms with Gasteiger partial charge in [-0.05, 0) is 30.3 Å². The molecule has 0 spiro atoms. The number of nitrogens with zero attached hydrogens (tertiary/aromatic N) is 2. The summed E-state index contributed by atoms with van der Waals surface area (Å²) in [7, 11) is 0. The third-order valence-electron chi connectivity index (χ3n) is 4.05. The van der Waals surface area contributed by atoms with Crippen LogP contribution in [-0.4, -0.2) is 47.1 Å². The fraction of sp³-hybridized carbons (Fsp3) is 0.222. The third kappa shape index (κ3) is 4.67. The van der Waals surface area contributed by atoms with E-state index in [1.165, 1.54) is 12.1 Å². The Morgan fingerprint density at radius 2 is 1.96 bits per heavy atom. The van der Waals surface area contributed by atoms with Crippen LogP contribution in [0.3, 0.4) is 0 Å². The lowest BCUT2D eigenvalue weighted by Crippen LogP contribution is -2.40. The first kappa shape index (κ1) is 20.7. The van der Waals surface area contributed by atoms with Crippen molar-refractivity contribution in [1.29, 1.82) is 0 Å². The predicted octanol–water partition coefficient (Wildman–Crippen LogP) is 4.24. The van der Waals surface area contributed by atoms with Gasteiger partial charge >= 0.3 is 5.97 Å². The number of benzene rings is 2. The Balaban J connectivity index is 1.88. The van der Waals surface area contributed by atoms with Crippen LogP contribution in [0, 0.1) is 10.1 Å². The summed E-state index contributed by atoms with van der Waals surface area (Å²) >= 11 is 14.8. The van der Waals surface area contributed by atoms with Crippen molar-refractivity contribution in [2.24, 2.45) is 0 Å². The van der Waals surface area contributed by atoms with E-state index < -0.39 is 10.9 Å². The van der Waals surface area contributed by atoms with E-state index >= 15 is 0 Å². The van der Waals surface area contributed by atoms with Crippen molar-refractivity contribution >= 4 is 56.4 Å². The minimum Gasteiger partial charge on any atom is -0.422 e. The van der Waals surface area contributed by atoms with Crippen LogP contribution in [0.1, 0.15) is 15.9 Å². The zero-order valence-electron chi connectivity index (χ0n) is 14.4. The molecule has 146 valence electrons. The van der Waals surface area contributed by atoms with Gasteiger partial charge in [0.2, 0.25) is 0 Å². The molecular weight excluding hydrogens is 472 g/mol. The molecule has 2 aromatic carbocycles. The summed E-state index contributed by atoms with van der Waals surface area (Å²) in [5, 5.41) is 11.0. The number of hydrogen-bond donors (Lipinski definition) is 0. The Bertz CT molecular complexity index is 950. The van der Waals surface area contributed by atoms with Crippen molar-refractivity contribution in [2.45, 2.75) is 0 Å². The van der Waals surface area contributed by atoms with E-state index in [2.05, 4.69) is 15.9 Å². The highest BCUT2D eigenvalue weighted by molar-refractivity contribution is 9.10. The normalized spacial score (nSPS) is 13.9. The number of rotatable bonds is 4. The number of carbonyl (C=O) groups excluding carboxylic acids is 1. The number of carbonyl (C=O) groups is 1. The van der Waals surface area contributed by atoms with Gasteiger partial charge in [-0.1, -0.05) is 39.7 Å². The first-order chi connectivity index (χ1) is 13.4. The number of morpholine rings is 1. The Morgan fingerprint density at radius 1 is 1.25 bits per heavy atom. The van der Waals surface area contributed by atoms with E-state index in [4.69, 9.17) is 33.3 Å². The average Bonchev–Trinajstić information content (AvgIpc) is 2.69. The molecule has 0 unspecified atom stereocenters. The quantitative estimate of drug-likeness (QED) is 0.211. The lowest BCUT2D eigenvalue weighted by Gasteiger charge is -2.29. The number of hydrogen-bond acceptors (Lipinski definition) is 6. The van der Waals surface area contributed by atoms with Gasteiger partial charge in [-0.2, -0.15) is 0 Å². The maximum atomic E-state index is 12.6. The van der Waals surface area contributed by atoms with Crippen LogP contribution in [0.4, 0.5) is 5.69 Å². The van der Waals surface area contributed by atoms with Crippen LogP contribution < -0.4 is 4.74 Å². The molecule has 0 amide bonds. The number of esters is 1. The largest absolute Gasteiger partial charge is 0.422 e. The van der Waals surface area contributed by atoms with Crippen LogP contribution in [0.2, 0.25) is 5.02 Å². The van der Waals surface area contributed by atoms with E-state index in [1.807, 2.05) is 4.90 Å². The SMILES string of the molecule is O=C(Oc1ccc(Br)cc1C(=S)N1CCOCC1)c1ccc(Cl)c([N+](=O)[O-])c1. The van der Waals surface area contributed by atoms with E-state index in [1.54, 1.807) is 18.2 Å².